The summed E-state index contributed by atoms with van der Waals surface area (Å²) in [6.45, 7) is 0.535. The van der Waals surface area contributed by atoms with Crippen LogP contribution in [0.4, 0.5) is 17.3 Å². The lowest BCUT2D eigenvalue weighted by Gasteiger charge is -2.26. The molecule has 0 aliphatic carbocycles. The Morgan fingerprint density at radius 3 is 2.77 bits per heavy atom. The molecule has 10 nitrogen and oxygen atoms in total. The number of nitrogens with two attached hydrogens (primary N) is 2. The van der Waals surface area contributed by atoms with E-state index in [2.05, 4.69) is 36.5 Å². The second-order valence-electron chi connectivity index (χ2n) is 6.20. The summed E-state index contributed by atoms with van der Waals surface area (Å²) in [5.74, 6) is 1.61. The van der Waals surface area contributed by atoms with Crippen LogP contribution in [-0.4, -0.2) is 30.0 Å². The fourth-order valence-corrected chi connectivity index (χ4v) is 3.26. The number of guanidine groups is 1. The van der Waals surface area contributed by atoms with Crippen molar-refractivity contribution >= 4 is 39.2 Å². The van der Waals surface area contributed by atoms with Gasteiger partial charge in [0.2, 0.25) is 5.96 Å². The number of alkyl halides is 1. The lowest BCUT2D eigenvalue weighted by molar-refractivity contribution is 0.295. The van der Waals surface area contributed by atoms with Gasteiger partial charge in [-0.2, -0.15) is 10.5 Å². The normalized spacial score (nSPS) is 14.4. The summed E-state index contributed by atoms with van der Waals surface area (Å²) in [6, 6.07) is 6.70. The lowest BCUT2D eigenvalue weighted by Crippen LogP contribution is -2.32. The predicted molar refractivity (Wildman–Crippen MR) is 116 cm³/mol. The van der Waals surface area contributed by atoms with E-state index in [-0.39, 0.29) is 23.0 Å². The monoisotopic (exact) mass is 470 g/mol. The van der Waals surface area contributed by atoms with Crippen LogP contribution in [0.15, 0.2) is 23.2 Å². The van der Waals surface area contributed by atoms with Crippen molar-refractivity contribution in [3.8, 4) is 23.8 Å². The third-order valence-electron chi connectivity index (χ3n) is 4.40. The minimum Gasteiger partial charge on any atom is -0.493 e. The van der Waals surface area contributed by atoms with Gasteiger partial charge in [0, 0.05) is 10.9 Å². The third kappa shape index (κ3) is 4.02. The number of rotatable bonds is 6. The molecule has 30 heavy (non-hydrogen) atoms. The zero-order valence-corrected chi connectivity index (χ0v) is 17.7. The SMILES string of the molecule is COc1cc(C2N=C(NC#N)Nc3nc(N)c(C#N)c(N)c32)ccc1OCCCBr. The summed E-state index contributed by atoms with van der Waals surface area (Å²) in [7, 11) is 1.54. The number of pyridine rings is 1. The molecule has 0 radical (unpaired) electrons. The number of aliphatic imine (C=N–C) groups is 1. The maximum absolute atomic E-state index is 9.41. The number of aromatic nitrogens is 1. The van der Waals surface area contributed by atoms with Crippen molar-refractivity contribution < 1.29 is 9.47 Å². The number of nitrogens with zero attached hydrogens (tertiary/aromatic N) is 4. The molecule has 1 aliphatic rings. The van der Waals surface area contributed by atoms with Crippen LogP contribution in [0, 0.1) is 22.8 Å². The molecule has 11 heteroatoms. The Kier molecular flexibility index (Phi) is 6.45. The molecule has 6 N–H and O–H groups in total. The first kappa shape index (κ1) is 21.0. The summed E-state index contributed by atoms with van der Waals surface area (Å²) < 4.78 is 11.2. The molecular weight excluding hydrogens is 452 g/mol. The van der Waals surface area contributed by atoms with Crippen LogP contribution in [0.25, 0.3) is 0 Å². The largest absolute Gasteiger partial charge is 0.493 e. The Labute approximate surface area is 181 Å². The number of benzene rings is 1. The Balaban J connectivity index is 2.11. The summed E-state index contributed by atoms with van der Waals surface area (Å²) in [5, 5.41) is 24.6. The van der Waals surface area contributed by atoms with E-state index < -0.39 is 6.04 Å². The number of nitrogens with one attached hydrogen (secondary N) is 2. The first-order chi connectivity index (χ1) is 14.5. The molecule has 0 saturated carbocycles. The molecule has 1 aromatic carbocycles. The topological polar surface area (TPSA) is 167 Å². The van der Waals surface area contributed by atoms with Crippen LogP contribution in [0.3, 0.4) is 0 Å². The number of nitriles is 2. The highest BCUT2D eigenvalue weighted by atomic mass is 79.9. The Bertz CT molecular complexity index is 1070. The fourth-order valence-electron chi connectivity index (χ4n) is 3.03. The van der Waals surface area contributed by atoms with Crippen LogP contribution in [0.2, 0.25) is 0 Å². The smallest absolute Gasteiger partial charge is 0.211 e. The standard InChI is InChI=1S/C19H19BrN8O2/c1-29-13-7-10(3-4-12(13)30-6-2-5-20)16-14-15(23)11(8-21)17(24)27-18(14)28-19(26-16)25-9-22/h3-4,7,16H,2,5-6H2,1H3,(H6,23,24,25,26,27,28). The molecule has 1 atom stereocenters. The minimum atomic E-state index is -0.650. The average molecular weight is 471 g/mol. The van der Waals surface area contributed by atoms with Crippen LogP contribution in [0.5, 0.6) is 11.5 Å². The molecule has 2 heterocycles. The van der Waals surface area contributed by atoms with E-state index >= 15 is 0 Å². The van der Waals surface area contributed by atoms with Crippen LogP contribution in [0.1, 0.15) is 29.2 Å². The molecule has 1 aliphatic heterocycles. The van der Waals surface area contributed by atoms with E-state index in [0.717, 1.165) is 11.8 Å². The molecule has 3 rings (SSSR count). The van der Waals surface area contributed by atoms with Gasteiger partial charge in [0.1, 0.15) is 29.3 Å². The van der Waals surface area contributed by atoms with Gasteiger partial charge in [-0.25, -0.2) is 9.98 Å². The number of anilines is 3. The highest BCUT2D eigenvalue weighted by Crippen LogP contribution is 2.42. The van der Waals surface area contributed by atoms with Gasteiger partial charge in [-0.15, -0.1) is 0 Å². The first-order valence-electron chi connectivity index (χ1n) is 8.89. The molecule has 154 valence electrons. The Morgan fingerprint density at radius 2 is 2.10 bits per heavy atom. The van der Waals surface area contributed by atoms with Gasteiger partial charge in [0.05, 0.1) is 19.4 Å². The summed E-state index contributed by atoms with van der Waals surface area (Å²) >= 11 is 3.37. The molecule has 0 spiro atoms. The second kappa shape index (κ2) is 9.20. The van der Waals surface area contributed by atoms with E-state index in [1.165, 1.54) is 0 Å². The maximum Gasteiger partial charge on any atom is 0.211 e. The van der Waals surface area contributed by atoms with Gasteiger partial charge in [-0.05, 0) is 24.1 Å². The molecule has 1 unspecified atom stereocenters. The van der Waals surface area contributed by atoms with Gasteiger partial charge in [0.15, 0.2) is 17.7 Å². The fraction of sp³-hybridized carbons (Fsp3) is 0.263. The van der Waals surface area contributed by atoms with Crippen molar-refractivity contribution in [2.24, 2.45) is 4.99 Å². The van der Waals surface area contributed by atoms with Crippen molar-refractivity contribution in [2.45, 2.75) is 12.5 Å². The zero-order valence-electron chi connectivity index (χ0n) is 16.1. The summed E-state index contributed by atoms with van der Waals surface area (Å²) in [4.78, 5) is 8.77. The molecule has 0 saturated heterocycles. The van der Waals surface area contributed by atoms with Crippen molar-refractivity contribution in [3.63, 3.8) is 0 Å². The number of fused-ring (bicyclic) bond motifs is 1. The third-order valence-corrected chi connectivity index (χ3v) is 4.96. The number of methoxy groups -OCH3 is 1. The van der Waals surface area contributed by atoms with Crippen LogP contribution < -0.4 is 31.6 Å². The molecule has 0 amide bonds. The highest BCUT2D eigenvalue weighted by Gasteiger charge is 2.30. The van der Waals surface area contributed by atoms with Gasteiger partial charge >= 0.3 is 0 Å². The second-order valence-corrected chi connectivity index (χ2v) is 7.00. The number of ether oxygens (including phenoxy) is 2. The molecule has 1 aromatic heterocycles. The van der Waals surface area contributed by atoms with E-state index in [4.69, 9.17) is 26.2 Å². The van der Waals surface area contributed by atoms with E-state index in [1.54, 1.807) is 19.2 Å². The van der Waals surface area contributed by atoms with E-state index in [9.17, 15) is 5.26 Å². The number of halogens is 1. The maximum atomic E-state index is 9.41. The number of nitrogen functional groups attached to an aromatic ring is 2. The first-order valence-corrected chi connectivity index (χ1v) is 10.0. The van der Waals surface area contributed by atoms with Gasteiger partial charge in [0.25, 0.3) is 0 Å². The predicted octanol–water partition coefficient (Wildman–Crippen LogP) is 2.23. The van der Waals surface area contributed by atoms with Gasteiger partial charge in [-0.3, -0.25) is 5.32 Å². The van der Waals surface area contributed by atoms with E-state index in [1.807, 2.05) is 18.3 Å². The highest BCUT2D eigenvalue weighted by molar-refractivity contribution is 9.09. The van der Waals surface area contributed by atoms with Crippen LogP contribution in [-0.2, 0) is 0 Å². The molecule has 2 aromatic rings. The van der Waals surface area contributed by atoms with Crippen molar-refractivity contribution in [2.75, 3.05) is 35.8 Å². The van der Waals surface area contributed by atoms with Crippen molar-refractivity contribution in [1.29, 1.82) is 10.5 Å². The molecule has 0 bridgehead atoms. The van der Waals surface area contributed by atoms with E-state index in [0.29, 0.717) is 35.1 Å². The summed E-state index contributed by atoms with van der Waals surface area (Å²) in [6.07, 6.45) is 2.67. The summed E-state index contributed by atoms with van der Waals surface area (Å²) in [5.41, 5.74) is 13.6. The number of hydrogen-bond acceptors (Lipinski definition) is 10. The Morgan fingerprint density at radius 1 is 1.30 bits per heavy atom. The minimum absolute atomic E-state index is 0.00803. The zero-order chi connectivity index (χ0) is 21.7. The molecular formula is C19H19BrN8O2. The molecule has 0 fully saturated rings. The lowest BCUT2D eigenvalue weighted by atomic mass is 9.95. The van der Waals surface area contributed by atoms with Crippen molar-refractivity contribution in [3.05, 3.63) is 34.9 Å². The Hall–Kier alpha value is -3.70. The van der Waals surface area contributed by atoms with Crippen LogP contribution >= 0.6 is 15.9 Å². The van der Waals surface area contributed by atoms with Crippen molar-refractivity contribution in [1.82, 2.24) is 10.3 Å². The quantitative estimate of drug-likeness (QED) is 0.214. The average Bonchev–Trinajstić information content (AvgIpc) is 2.74. The van der Waals surface area contributed by atoms with Gasteiger partial charge in [-0.1, -0.05) is 22.0 Å². The number of hydrogen-bond donors (Lipinski definition) is 4. The van der Waals surface area contributed by atoms with Gasteiger partial charge < -0.3 is 26.3 Å².